The van der Waals surface area contributed by atoms with E-state index in [0.717, 1.165) is 13.0 Å². The molecule has 2 heteroatoms. The molecule has 56 valence electrons. The fraction of sp³-hybridized carbons (Fsp3) is 1.00. The third kappa shape index (κ3) is 8.31. The molecule has 0 rings (SSSR count). The van der Waals surface area contributed by atoms with Crippen LogP contribution in [-0.2, 0) is 4.74 Å². The second-order valence-corrected chi connectivity index (χ2v) is 3.73. The first-order valence-corrected chi connectivity index (χ1v) is 3.87. The van der Waals surface area contributed by atoms with Crippen molar-refractivity contribution in [3.63, 3.8) is 0 Å². The van der Waals surface area contributed by atoms with E-state index in [1.54, 1.807) is 0 Å². The minimum Gasteiger partial charge on any atom is -0.365 e. The molecule has 0 aromatic carbocycles. The van der Waals surface area contributed by atoms with Crippen molar-refractivity contribution in [3.05, 3.63) is 0 Å². The quantitative estimate of drug-likeness (QED) is 0.366. The number of rotatable bonds is 4. The largest absolute Gasteiger partial charge is 0.365 e. The Morgan fingerprint density at radius 2 is 2.00 bits per heavy atom. The Bertz CT molecular complexity index is 65.8. The summed E-state index contributed by atoms with van der Waals surface area (Å²) in [6.07, 6.45) is 2.31. The third-order valence-corrected chi connectivity index (χ3v) is 1.08. The van der Waals surface area contributed by atoms with E-state index in [1.807, 2.05) is 13.8 Å². The van der Waals surface area contributed by atoms with Crippen molar-refractivity contribution < 1.29 is 4.74 Å². The van der Waals surface area contributed by atoms with Gasteiger partial charge in [0.2, 0.25) is 0 Å². The van der Waals surface area contributed by atoms with E-state index < -0.39 is 0 Å². The molecular weight excluding hydrogens is 132 g/mol. The van der Waals surface area contributed by atoms with Crippen LogP contribution in [0.15, 0.2) is 0 Å². The van der Waals surface area contributed by atoms with Gasteiger partial charge in [0.25, 0.3) is 0 Å². The standard InChI is InChI=1S/C7H16OS/c1-4-5-6-8-7(2,3)9/h9H,4-6H2,1-3H3. The smallest absolute Gasteiger partial charge is 0.105 e. The van der Waals surface area contributed by atoms with Gasteiger partial charge in [-0.05, 0) is 20.3 Å². The van der Waals surface area contributed by atoms with Gasteiger partial charge in [0.05, 0.1) is 0 Å². The first kappa shape index (κ1) is 9.31. The van der Waals surface area contributed by atoms with Gasteiger partial charge in [-0.1, -0.05) is 13.3 Å². The number of thiol groups is 1. The summed E-state index contributed by atoms with van der Waals surface area (Å²) in [5.74, 6) is 0. The molecule has 0 saturated carbocycles. The fourth-order valence-corrected chi connectivity index (χ4v) is 0.558. The molecule has 0 amide bonds. The zero-order valence-corrected chi connectivity index (χ0v) is 7.37. The summed E-state index contributed by atoms with van der Waals surface area (Å²) in [6, 6.07) is 0. The predicted octanol–water partition coefficient (Wildman–Crippen LogP) is 2.47. The lowest BCUT2D eigenvalue weighted by molar-refractivity contribution is 0.0522. The highest BCUT2D eigenvalue weighted by molar-refractivity contribution is 7.81. The van der Waals surface area contributed by atoms with Crippen molar-refractivity contribution in [2.24, 2.45) is 0 Å². The molecule has 1 nitrogen and oxygen atoms in total. The summed E-state index contributed by atoms with van der Waals surface area (Å²) in [5.41, 5.74) is 0. The van der Waals surface area contributed by atoms with Crippen LogP contribution in [0.3, 0.4) is 0 Å². The van der Waals surface area contributed by atoms with E-state index in [1.165, 1.54) is 6.42 Å². The first-order valence-electron chi connectivity index (χ1n) is 3.42. The van der Waals surface area contributed by atoms with Crippen LogP contribution in [-0.4, -0.2) is 11.5 Å². The lowest BCUT2D eigenvalue weighted by Gasteiger charge is -2.17. The van der Waals surface area contributed by atoms with Gasteiger partial charge in [-0.3, -0.25) is 0 Å². The minimum atomic E-state index is -0.255. The van der Waals surface area contributed by atoms with Gasteiger partial charge in [-0.15, -0.1) is 12.6 Å². The summed E-state index contributed by atoms with van der Waals surface area (Å²) in [4.78, 5) is -0.255. The average Bonchev–Trinajstić information content (AvgIpc) is 1.63. The topological polar surface area (TPSA) is 9.23 Å². The van der Waals surface area contributed by atoms with E-state index in [2.05, 4.69) is 19.6 Å². The summed E-state index contributed by atoms with van der Waals surface area (Å²) in [7, 11) is 0. The Morgan fingerprint density at radius 1 is 1.44 bits per heavy atom. The van der Waals surface area contributed by atoms with Crippen LogP contribution in [0.1, 0.15) is 33.6 Å². The van der Waals surface area contributed by atoms with E-state index in [0.29, 0.717) is 0 Å². The lowest BCUT2D eigenvalue weighted by atomic mass is 10.3. The van der Waals surface area contributed by atoms with Crippen molar-refractivity contribution in [3.8, 4) is 0 Å². The van der Waals surface area contributed by atoms with Crippen LogP contribution in [0.2, 0.25) is 0 Å². The molecule has 0 aliphatic rings. The molecule has 0 aliphatic heterocycles. The highest BCUT2D eigenvalue weighted by Gasteiger charge is 2.09. The van der Waals surface area contributed by atoms with Gasteiger partial charge in [0, 0.05) is 6.61 Å². The van der Waals surface area contributed by atoms with Crippen LogP contribution < -0.4 is 0 Å². The van der Waals surface area contributed by atoms with Crippen LogP contribution in [0.5, 0.6) is 0 Å². The summed E-state index contributed by atoms with van der Waals surface area (Å²) in [5, 5.41) is 0. The summed E-state index contributed by atoms with van der Waals surface area (Å²) < 4.78 is 5.33. The zero-order valence-electron chi connectivity index (χ0n) is 6.48. The molecule has 0 unspecified atom stereocenters. The molecule has 0 heterocycles. The maximum Gasteiger partial charge on any atom is 0.105 e. The average molecular weight is 148 g/mol. The van der Waals surface area contributed by atoms with Crippen molar-refractivity contribution in [1.82, 2.24) is 0 Å². The number of ether oxygens (including phenoxy) is 1. The molecule has 0 radical (unpaired) electrons. The SMILES string of the molecule is CCCCOC(C)(C)S. The molecule has 0 bridgehead atoms. The molecule has 0 aromatic heterocycles. The van der Waals surface area contributed by atoms with Gasteiger partial charge in [-0.25, -0.2) is 0 Å². The summed E-state index contributed by atoms with van der Waals surface area (Å²) >= 11 is 4.21. The second-order valence-electron chi connectivity index (χ2n) is 2.65. The van der Waals surface area contributed by atoms with Crippen molar-refractivity contribution in [1.29, 1.82) is 0 Å². The molecule has 0 aliphatic carbocycles. The Balaban J connectivity index is 3.07. The van der Waals surface area contributed by atoms with Crippen LogP contribution in [0.25, 0.3) is 0 Å². The van der Waals surface area contributed by atoms with Gasteiger partial charge >= 0.3 is 0 Å². The van der Waals surface area contributed by atoms with E-state index >= 15 is 0 Å². The number of hydrogen-bond donors (Lipinski definition) is 1. The normalized spacial score (nSPS) is 12.0. The maximum atomic E-state index is 5.33. The van der Waals surface area contributed by atoms with Gasteiger partial charge in [0.15, 0.2) is 0 Å². The van der Waals surface area contributed by atoms with E-state index in [4.69, 9.17) is 4.74 Å². The van der Waals surface area contributed by atoms with Crippen LogP contribution in [0.4, 0.5) is 0 Å². The zero-order chi connectivity index (χ0) is 7.33. The Labute approximate surface area is 63.2 Å². The molecular formula is C7H16OS. The molecule has 9 heavy (non-hydrogen) atoms. The van der Waals surface area contributed by atoms with Crippen molar-refractivity contribution >= 4 is 12.6 Å². The highest BCUT2D eigenvalue weighted by atomic mass is 32.1. The third-order valence-electron chi connectivity index (χ3n) is 0.953. The fourth-order valence-electron chi connectivity index (χ4n) is 0.466. The molecule has 0 atom stereocenters. The van der Waals surface area contributed by atoms with Crippen molar-refractivity contribution in [2.75, 3.05) is 6.61 Å². The minimum absolute atomic E-state index is 0.255. The predicted molar refractivity (Wildman–Crippen MR) is 43.9 cm³/mol. The number of unbranched alkanes of at least 4 members (excludes halogenated alkanes) is 1. The first-order chi connectivity index (χ1) is 4.06. The lowest BCUT2D eigenvalue weighted by Crippen LogP contribution is -2.16. The van der Waals surface area contributed by atoms with Gasteiger partial charge < -0.3 is 4.74 Å². The van der Waals surface area contributed by atoms with Crippen LogP contribution >= 0.6 is 12.6 Å². The molecule has 0 N–H and O–H groups in total. The highest BCUT2D eigenvalue weighted by Crippen LogP contribution is 2.13. The van der Waals surface area contributed by atoms with E-state index in [9.17, 15) is 0 Å². The second kappa shape index (κ2) is 4.18. The maximum absolute atomic E-state index is 5.33. The van der Waals surface area contributed by atoms with Gasteiger partial charge in [-0.2, -0.15) is 0 Å². The molecule has 0 saturated heterocycles. The Kier molecular flexibility index (Phi) is 4.32. The summed E-state index contributed by atoms with van der Waals surface area (Å²) in [6.45, 7) is 6.87. The molecule has 0 aromatic rings. The molecule has 0 fully saturated rings. The Hall–Kier alpha value is 0.310. The Morgan fingerprint density at radius 3 is 2.33 bits per heavy atom. The van der Waals surface area contributed by atoms with Gasteiger partial charge in [0.1, 0.15) is 4.93 Å². The van der Waals surface area contributed by atoms with Crippen molar-refractivity contribution in [2.45, 2.75) is 38.5 Å². The monoisotopic (exact) mass is 148 g/mol. The van der Waals surface area contributed by atoms with E-state index in [-0.39, 0.29) is 4.93 Å². The van der Waals surface area contributed by atoms with Crippen LogP contribution in [0, 0.1) is 0 Å². The number of hydrogen-bond acceptors (Lipinski definition) is 2. The molecule has 0 spiro atoms.